The van der Waals surface area contributed by atoms with Crippen molar-refractivity contribution in [3.8, 4) is 0 Å². The third kappa shape index (κ3) is 3.04. The minimum atomic E-state index is -0.210. The van der Waals surface area contributed by atoms with Gasteiger partial charge in [0.2, 0.25) is 0 Å². The van der Waals surface area contributed by atoms with Crippen molar-refractivity contribution in [3.05, 3.63) is 54.1 Å². The first-order valence-electron chi connectivity index (χ1n) is 5.61. The van der Waals surface area contributed by atoms with Gasteiger partial charge in [0.25, 0.3) is 5.91 Å². The standard InChI is InChI=1S/C13H14N4O/c1-14-10-5-7-16-12(8-10)13(18)17-9-11-4-2-3-6-15-11/h2-8H,9H2,1H3,(H,14,16)(H,17,18). The van der Waals surface area contributed by atoms with Gasteiger partial charge in [-0.1, -0.05) is 6.07 Å². The number of carbonyl (C=O) groups is 1. The molecule has 0 aliphatic carbocycles. The summed E-state index contributed by atoms with van der Waals surface area (Å²) in [4.78, 5) is 20.0. The summed E-state index contributed by atoms with van der Waals surface area (Å²) in [5.41, 5.74) is 2.06. The molecule has 0 aromatic carbocycles. The Bertz CT molecular complexity index is 528. The van der Waals surface area contributed by atoms with Crippen LogP contribution in [0.5, 0.6) is 0 Å². The summed E-state index contributed by atoms with van der Waals surface area (Å²) in [7, 11) is 1.80. The fourth-order valence-corrected chi connectivity index (χ4v) is 1.47. The smallest absolute Gasteiger partial charge is 0.270 e. The Kier molecular flexibility index (Phi) is 3.86. The minimum absolute atomic E-state index is 0.210. The molecule has 0 aliphatic heterocycles. The number of nitrogens with one attached hydrogen (secondary N) is 2. The molecule has 1 amide bonds. The van der Waals surface area contributed by atoms with E-state index in [9.17, 15) is 4.79 Å². The zero-order valence-electron chi connectivity index (χ0n) is 10.1. The monoisotopic (exact) mass is 242 g/mol. The molecule has 2 rings (SSSR count). The summed E-state index contributed by atoms with van der Waals surface area (Å²) < 4.78 is 0. The summed E-state index contributed by atoms with van der Waals surface area (Å²) in [6, 6.07) is 9.08. The number of aromatic nitrogens is 2. The number of hydrogen-bond donors (Lipinski definition) is 2. The van der Waals surface area contributed by atoms with Crippen molar-refractivity contribution in [2.45, 2.75) is 6.54 Å². The van der Waals surface area contributed by atoms with E-state index in [1.807, 2.05) is 18.2 Å². The lowest BCUT2D eigenvalue weighted by atomic mass is 10.3. The van der Waals surface area contributed by atoms with Crippen LogP contribution in [-0.4, -0.2) is 22.9 Å². The van der Waals surface area contributed by atoms with E-state index in [4.69, 9.17) is 0 Å². The molecule has 0 bridgehead atoms. The van der Waals surface area contributed by atoms with Crippen LogP contribution in [0.1, 0.15) is 16.2 Å². The highest BCUT2D eigenvalue weighted by molar-refractivity contribution is 5.92. The fraction of sp³-hybridized carbons (Fsp3) is 0.154. The maximum atomic E-state index is 11.9. The van der Waals surface area contributed by atoms with E-state index in [2.05, 4.69) is 20.6 Å². The van der Waals surface area contributed by atoms with E-state index < -0.39 is 0 Å². The largest absolute Gasteiger partial charge is 0.388 e. The summed E-state index contributed by atoms with van der Waals surface area (Å²) in [5, 5.41) is 5.74. The number of pyridine rings is 2. The maximum absolute atomic E-state index is 11.9. The van der Waals surface area contributed by atoms with Crippen LogP contribution in [0.4, 0.5) is 5.69 Å². The van der Waals surface area contributed by atoms with E-state index >= 15 is 0 Å². The van der Waals surface area contributed by atoms with Gasteiger partial charge in [-0.3, -0.25) is 14.8 Å². The Morgan fingerprint density at radius 3 is 2.83 bits per heavy atom. The zero-order chi connectivity index (χ0) is 12.8. The van der Waals surface area contributed by atoms with Crippen molar-refractivity contribution in [3.63, 3.8) is 0 Å². The first-order chi connectivity index (χ1) is 8.79. The molecule has 2 heterocycles. The SMILES string of the molecule is CNc1ccnc(C(=O)NCc2ccccn2)c1. The lowest BCUT2D eigenvalue weighted by Gasteiger charge is -2.05. The summed E-state index contributed by atoms with van der Waals surface area (Å²) >= 11 is 0. The van der Waals surface area contributed by atoms with Crippen LogP contribution in [0.2, 0.25) is 0 Å². The highest BCUT2D eigenvalue weighted by Crippen LogP contribution is 2.06. The van der Waals surface area contributed by atoms with Crippen LogP contribution in [0.3, 0.4) is 0 Å². The maximum Gasteiger partial charge on any atom is 0.270 e. The minimum Gasteiger partial charge on any atom is -0.388 e. The van der Waals surface area contributed by atoms with Crippen molar-refractivity contribution in [1.82, 2.24) is 15.3 Å². The van der Waals surface area contributed by atoms with Crippen molar-refractivity contribution in [2.24, 2.45) is 0 Å². The quantitative estimate of drug-likeness (QED) is 0.851. The molecule has 5 nitrogen and oxygen atoms in total. The summed E-state index contributed by atoms with van der Waals surface area (Å²) in [6.07, 6.45) is 3.29. The number of rotatable bonds is 4. The highest BCUT2D eigenvalue weighted by Gasteiger charge is 2.07. The fourth-order valence-electron chi connectivity index (χ4n) is 1.47. The molecule has 0 saturated carbocycles. The van der Waals surface area contributed by atoms with Gasteiger partial charge in [-0.25, -0.2) is 0 Å². The van der Waals surface area contributed by atoms with Crippen LogP contribution >= 0.6 is 0 Å². The van der Waals surface area contributed by atoms with Crippen molar-refractivity contribution < 1.29 is 4.79 Å². The van der Waals surface area contributed by atoms with Crippen LogP contribution in [0.15, 0.2) is 42.7 Å². The van der Waals surface area contributed by atoms with Crippen molar-refractivity contribution >= 4 is 11.6 Å². The van der Waals surface area contributed by atoms with Gasteiger partial charge in [0.1, 0.15) is 5.69 Å². The second-order valence-corrected chi connectivity index (χ2v) is 3.68. The van der Waals surface area contributed by atoms with E-state index in [-0.39, 0.29) is 5.91 Å². The zero-order valence-corrected chi connectivity index (χ0v) is 10.1. The van der Waals surface area contributed by atoms with E-state index in [1.54, 1.807) is 31.6 Å². The third-order valence-electron chi connectivity index (χ3n) is 2.44. The molecule has 2 N–H and O–H groups in total. The predicted molar refractivity (Wildman–Crippen MR) is 69.2 cm³/mol. The number of anilines is 1. The van der Waals surface area contributed by atoms with Crippen LogP contribution < -0.4 is 10.6 Å². The van der Waals surface area contributed by atoms with Crippen molar-refractivity contribution in [2.75, 3.05) is 12.4 Å². The van der Waals surface area contributed by atoms with Gasteiger partial charge in [-0.05, 0) is 24.3 Å². The predicted octanol–water partition coefficient (Wildman–Crippen LogP) is 1.45. The Labute approximate surface area is 105 Å². The number of nitrogens with zero attached hydrogens (tertiary/aromatic N) is 2. The molecule has 18 heavy (non-hydrogen) atoms. The number of hydrogen-bond acceptors (Lipinski definition) is 4. The molecular weight excluding hydrogens is 228 g/mol. The molecule has 0 aliphatic rings. The molecule has 0 spiro atoms. The average Bonchev–Trinajstić information content (AvgIpc) is 2.46. The number of carbonyl (C=O) groups excluding carboxylic acids is 1. The van der Waals surface area contributed by atoms with Gasteiger partial charge < -0.3 is 10.6 Å². The van der Waals surface area contributed by atoms with Crippen molar-refractivity contribution in [1.29, 1.82) is 0 Å². The lowest BCUT2D eigenvalue weighted by Crippen LogP contribution is -2.24. The second kappa shape index (κ2) is 5.77. The normalized spacial score (nSPS) is 9.83. The summed E-state index contributed by atoms with van der Waals surface area (Å²) in [5.74, 6) is -0.210. The van der Waals surface area contributed by atoms with E-state index in [1.165, 1.54) is 0 Å². The second-order valence-electron chi connectivity index (χ2n) is 3.68. The molecule has 0 saturated heterocycles. The third-order valence-corrected chi connectivity index (χ3v) is 2.44. The van der Waals surface area contributed by atoms with E-state index in [0.717, 1.165) is 11.4 Å². The lowest BCUT2D eigenvalue weighted by molar-refractivity contribution is 0.0945. The molecule has 92 valence electrons. The Hall–Kier alpha value is -2.43. The topological polar surface area (TPSA) is 66.9 Å². The average molecular weight is 242 g/mol. The van der Waals surface area contributed by atoms with E-state index in [0.29, 0.717) is 12.2 Å². The Balaban J connectivity index is 1.99. The van der Waals surface area contributed by atoms with Gasteiger partial charge >= 0.3 is 0 Å². The first kappa shape index (κ1) is 12.0. The van der Waals surface area contributed by atoms with Gasteiger partial charge in [0.15, 0.2) is 0 Å². The van der Waals surface area contributed by atoms with Crippen LogP contribution in [-0.2, 0) is 6.54 Å². The summed E-state index contributed by atoms with van der Waals surface area (Å²) in [6.45, 7) is 0.394. The molecule has 0 unspecified atom stereocenters. The molecule has 5 heteroatoms. The molecular formula is C13H14N4O. The van der Waals surface area contributed by atoms with Gasteiger partial charge in [-0.2, -0.15) is 0 Å². The first-order valence-corrected chi connectivity index (χ1v) is 5.61. The Morgan fingerprint density at radius 1 is 1.22 bits per heavy atom. The highest BCUT2D eigenvalue weighted by atomic mass is 16.1. The Morgan fingerprint density at radius 2 is 2.11 bits per heavy atom. The molecule has 0 fully saturated rings. The molecule has 2 aromatic heterocycles. The van der Waals surface area contributed by atoms with Gasteiger partial charge in [0.05, 0.1) is 12.2 Å². The van der Waals surface area contributed by atoms with Gasteiger partial charge in [-0.15, -0.1) is 0 Å². The van der Waals surface area contributed by atoms with Crippen LogP contribution in [0, 0.1) is 0 Å². The van der Waals surface area contributed by atoms with Crippen LogP contribution in [0.25, 0.3) is 0 Å². The molecule has 2 aromatic rings. The van der Waals surface area contributed by atoms with Gasteiger partial charge in [0, 0.05) is 25.1 Å². The molecule has 0 atom stereocenters. The molecule has 0 radical (unpaired) electrons. The number of amides is 1.